The second-order valence-corrected chi connectivity index (χ2v) is 4.51. The molecule has 0 saturated carbocycles. The molecule has 1 heteroatoms. The molecular weight excluding hydrogens is 206 g/mol. The van der Waals surface area contributed by atoms with Crippen LogP contribution in [-0.2, 0) is 0 Å². The van der Waals surface area contributed by atoms with Crippen LogP contribution in [0.1, 0.15) is 24.1 Å². The third-order valence-corrected chi connectivity index (χ3v) is 3.17. The minimum Gasteiger partial charge on any atom is -0.313 e. The van der Waals surface area contributed by atoms with Crippen LogP contribution in [0.25, 0.3) is 11.1 Å². The van der Waals surface area contributed by atoms with Crippen LogP contribution in [0.5, 0.6) is 0 Å². The van der Waals surface area contributed by atoms with Gasteiger partial charge in [0.15, 0.2) is 0 Å². The minimum absolute atomic E-state index is 0.389. The first-order valence-electron chi connectivity index (χ1n) is 6.05. The largest absolute Gasteiger partial charge is 0.313 e. The van der Waals surface area contributed by atoms with E-state index in [1.165, 1.54) is 22.3 Å². The number of benzene rings is 2. The Labute approximate surface area is 103 Å². The van der Waals surface area contributed by atoms with Crippen LogP contribution < -0.4 is 5.32 Å². The van der Waals surface area contributed by atoms with Gasteiger partial charge in [-0.1, -0.05) is 48.0 Å². The highest BCUT2D eigenvalue weighted by molar-refractivity contribution is 5.65. The molecular formula is C16H19N. The zero-order valence-corrected chi connectivity index (χ0v) is 10.7. The topological polar surface area (TPSA) is 12.0 Å². The SMILES string of the molecule is CNC(C)c1cccc(-c2cccc(C)c2)c1. The Balaban J connectivity index is 2.39. The van der Waals surface area contributed by atoms with E-state index in [2.05, 4.69) is 67.7 Å². The van der Waals surface area contributed by atoms with E-state index in [9.17, 15) is 0 Å². The maximum atomic E-state index is 3.27. The lowest BCUT2D eigenvalue weighted by molar-refractivity contribution is 0.652. The van der Waals surface area contributed by atoms with Crippen molar-refractivity contribution in [2.24, 2.45) is 0 Å². The molecule has 0 saturated heterocycles. The molecule has 88 valence electrons. The van der Waals surface area contributed by atoms with Gasteiger partial charge in [-0.05, 0) is 43.7 Å². The summed E-state index contributed by atoms with van der Waals surface area (Å²) in [5.74, 6) is 0. The zero-order valence-electron chi connectivity index (χ0n) is 10.7. The summed E-state index contributed by atoms with van der Waals surface area (Å²) >= 11 is 0. The van der Waals surface area contributed by atoms with E-state index < -0.39 is 0 Å². The maximum Gasteiger partial charge on any atom is 0.0289 e. The maximum absolute atomic E-state index is 3.27. The van der Waals surface area contributed by atoms with E-state index in [0.29, 0.717) is 6.04 Å². The van der Waals surface area contributed by atoms with Gasteiger partial charge in [-0.3, -0.25) is 0 Å². The van der Waals surface area contributed by atoms with Crippen molar-refractivity contribution in [3.63, 3.8) is 0 Å². The minimum atomic E-state index is 0.389. The van der Waals surface area contributed by atoms with E-state index in [-0.39, 0.29) is 0 Å². The Morgan fingerprint density at radius 1 is 0.941 bits per heavy atom. The summed E-state index contributed by atoms with van der Waals surface area (Å²) in [5, 5.41) is 3.27. The molecule has 1 nitrogen and oxygen atoms in total. The fourth-order valence-electron chi connectivity index (χ4n) is 1.98. The molecule has 0 fully saturated rings. The highest BCUT2D eigenvalue weighted by Gasteiger charge is 2.04. The quantitative estimate of drug-likeness (QED) is 0.834. The number of aryl methyl sites for hydroxylation is 1. The van der Waals surface area contributed by atoms with Crippen LogP contribution in [0.15, 0.2) is 48.5 Å². The summed E-state index contributed by atoms with van der Waals surface area (Å²) in [6, 6.07) is 17.7. The van der Waals surface area contributed by atoms with Crippen LogP contribution in [0.3, 0.4) is 0 Å². The predicted molar refractivity (Wildman–Crippen MR) is 74.1 cm³/mol. The second-order valence-electron chi connectivity index (χ2n) is 4.51. The predicted octanol–water partition coefficient (Wildman–Crippen LogP) is 3.94. The number of nitrogens with one attached hydrogen (secondary N) is 1. The molecule has 0 radical (unpaired) electrons. The average molecular weight is 225 g/mol. The van der Waals surface area contributed by atoms with Crippen molar-refractivity contribution in [3.05, 3.63) is 59.7 Å². The van der Waals surface area contributed by atoms with Crippen molar-refractivity contribution in [1.29, 1.82) is 0 Å². The highest BCUT2D eigenvalue weighted by atomic mass is 14.8. The summed E-state index contributed by atoms with van der Waals surface area (Å²) in [6.45, 7) is 4.30. The normalized spacial score (nSPS) is 12.4. The van der Waals surface area contributed by atoms with Gasteiger partial charge >= 0.3 is 0 Å². The molecule has 0 bridgehead atoms. The first kappa shape index (κ1) is 11.9. The summed E-state index contributed by atoms with van der Waals surface area (Å²) in [5.41, 5.74) is 5.20. The Morgan fingerprint density at radius 3 is 2.24 bits per heavy atom. The summed E-state index contributed by atoms with van der Waals surface area (Å²) in [4.78, 5) is 0. The van der Waals surface area contributed by atoms with Crippen LogP contribution in [0, 0.1) is 6.92 Å². The molecule has 0 spiro atoms. The number of hydrogen-bond donors (Lipinski definition) is 1. The van der Waals surface area contributed by atoms with E-state index in [1.54, 1.807) is 0 Å². The molecule has 0 heterocycles. The standard InChI is InChI=1S/C16H19N/c1-12-6-4-8-15(10-12)16-9-5-7-14(11-16)13(2)17-3/h4-11,13,17H,1-3H3. The van der Waals surface area contributed by atoms with Gasteiger partial charge in [0.05, 0.1) is 0 Å². The van der Waals surface area contributed by atoms with Gasteiger partial charge in [0.1, 0.15) is 0 Å². The molecule has 0 amide bonds. The van der Waals surface area contributed by atoms with E-state index >= 15 is 0 Å². The lowest BCUT2D eigenvalue weighted by Crippen LogP contribution is -2.12. The number of rotatable bonds is 3. The molecule has 1 atom stereocenters. The molecule has 2 rings (SSSR count). The lowest BCUT2D eigenvalue weighted by Gasteiger charge is -2.12. The fraction of sp³-hybridized carbons (Fsp3) is 0.250. The van der Waals surface area contributed by atoms with Gasteiger partial charge in [0, 0.05) is 6.04 Å². The zero-order chi connectivity index (χ0) is 12.3. The summed E-state index contributed by atoms with van der Waals surface area (Å²) in [7, 11) is 1.99. The molecule has 1 N–H and O–H groups in total. The lowest BCUT2D eigenvalue weighted by atomic mass is 9.99. The van der Waals surface area contributed by atoms with Crippen LogP contribution in [0.4, 0.5) is 0 Å². The first-order valence-corrected chi connectivity index (χ1v) is 6.05. The molecule has 1 unspecified atom stereocenters. The van der Waals surface area contributed by atoms with Crippen molar-refractivity contribution in [3.8, 4) is 11.1 Å². The van der Waals surface area contributed by atoms with Crippen LogP contribution in [-0.4, -0.2) is 7.05 Å². The van der Waals surface area contributed by atoms with Gasteiger partial charge in [-0.25, -0.2) is 0 Å². The average Bonchev–Trinajstić information content (AvgIpc) is 2.38. The van der Waals surface area contributed by atoms with Gasteiger partial charge in [0.2, 0.25) is 0 Å². The summed E-state index contributed by atoms with van der Waals surface area (Å²) in [6.07, 6.45) is 0. The second kappa shape index (κ2) is 5.15. The molecule has 2 aromatic rings. The highest BCUT2D eigenvalue weighted by Crippen LogP contribution is 2.23. The molecule has 0 aliphatic carbocycles. The molecule has 0 aliphatic rings. The van der Waals surface area contributed by atoms with Crippen molar-refractivity contribution < 1.29 is 0 Å². The van der Waals surface area contributed by atoms with Gasteiger partial charge in [-0.2, -0.15) is 0 Å². The Morgan fingerprint density at radius 2 is 1.59 bits per heavy atom. The fourth-order valence-corrected chi connectivity index (χ4v) is 1.98. The molecule has 2 aromatic carbocycles. The summed E-state index contributed by atoms with van der Waals surface area (Å²) < 4.78 is 0. The Kier molecular flexibility index (Phi) is 3.60. The monoisotopic (exact) mass is 225 g/mol. The van der Waals surface area contributed by atoms with Gasteiger partial charge in [-0.15, -0.1) is 0 Å². The van der Waals surface area contributed by atoms with E-state index in [0.717, 1.165) is 0 Å². The van der Waals surface area contributed by atoms with Crippen molar-refractivity contribution in [2.75, 3.05) is 7.05 Å². The van der Waals surface area contributed by atoms with Crippen molar-refractivity contribution in [1.82, 2.24) is 5.32 Å². The molecule has 0 aromatic heterocycles. The molecule has 17 heavy (non-hydrogen) atoms. The van der Waals surface area contributed by atoms with Gasteiger partial charge in [0.25, 0.3) is 0 Å². The van der Waals surface area contributed by atoms with Crippen molar-refractivity contribution >= 4 is 0 Å². The van der Waals surface area contributed by atoms with Crippen molar-refractivity contribution in [2.45, 2.75) is 19.9 Å². The molecule has 0 aliphatic heterocycles. The Bertz CT molecular complexity index is 502. The Hall–Kier alpha value is -1.60. The first-order chi connectivity index (χ1) is 8.20. The van der Waals surface area contributed by atoms with E-state index in [4.69, 9.17) is 0 Å². The van der Waals surface area contributed by atoms with E-state index in [1.807, 2.05) is 7.05 Å². The number of hydrogen-bond acceptors (Lipinski definition) is 1. The van der Waals surface area contributed by atoms with Gasteiger partial charge < -0.3 is 5.32 Å². The van der Waals surface area contributed by atoms with Crippen LogP contribution >= 0.6 is 0 Å². The third kappa shape index (κ3) is 2.75. The van der Waals surface area contributed by atoms with Crippen LogP contribution in [0.2, 0.25) is 0 Å². The third-order valence-electron chi connectivity index (χ3n) is 3.17. The smallest absolute Gasteiger partial charge is 0.0289 e.